The monoisotopic (exact) mass is 453 g/mol. The molecule has 0 spiro atoms. The van der Waals surface area contributed by atoms with Crippen molar-refractivity contribution in [2.45, 2.75) is 97.1 Å². The highest BCUT2D eigenvalue weighted by atomic mass is 16.4. The van der Waals surface area contributed by atoms with Gasteiger partial charge in [0.25, 0.3) is 0 Å². The lowest BCUT2D eigenvalue weighted by Crippen LogP contribution is -2.58. The van der Waals surface area contributed by atoms with E-state index in [4.69, 9.17) is 10.6 Å². The Bertz CT molecular complexity index is 886. The number of fused-ring (bicyclic) bond motifs is 5. The van der Waals surface area contributed by atoms with Gasteiger partial charge in [0.15, 0.2) is 0 Å². The zero-order valence-corrected chi connectivity index (χ0v) is 19.6. The van der Waals surface area contributed by atoms with E-state index in [1.807, 2.05) is 6.92 Å². The molecule has 0 aliphatic heterocycles. The summed E-state index contributed by atoms with van der Waals surface area (Å²) in [4.78, 5) is 22.8. The molecule has 32 heavy (non-hydrogen) atoms. The number of aliphatic hydroxyl groups excluding tert-OH is 2. The highest BCUT2D eigenvalue weighted by Crippen LogP contribution is 2.68. The fraction of sp³-hybridized carbons (Fsp3) is 0.923. The van der Waals surface area contributed by atoms with Gasteiger partial charge in [0.2, 0.25) is 5.91 Å². The number of carboxylic acids is 1. The Kier molecular flexibility index (Phi) is 5.34. The maximum absolute atomic E-state index is 12.1. The summed E-state index contributed by atoms with van der Waals surface area (Å²) in [6, 6.07) is 0. The Labute approximate surface area is 198 Å². The molecule has 0 aromatic rings. The zero-order valence-electron chi connectivity index (χ0n) is 23.6. The molecule has 4 saturated carbocycles. The molecule has 10 atom stereocenters. The minimum Gasteiger partial charge on any atom is -0.480 e. The number of nitrogens with one attached hydrogen (secondary N) is 1. The average molecular weight is 454 g/mol. The number of aliphatic carboxylic acids is 1. The number of rotatable bonds is 6. The molecular weight excluding hydrogens is 406 g/mol. The number of hydrogen-bond donors (Lipinski definition) is 4. The highest BCUT2D eigenvalue weighted by Gasteiger charge is 2.62. The smallest absolute Gasteiger partial charge is 0.322 e. The van der Waals surface area contributed by atoms with Gasteiger partial charge in [-0.15, -0.1) is 0 Å². The van der Waals surface area contributed by atoms with Gasteiger partial charge in [-0.3, -0.25) is 9.59 Å². The van der Waals surface area contributed by atoms with E-state index < -0.39 is 42.3 Å². The number of carboxylic acid groups (broad SMARTS) is 1. The first kappa shape index (κ1) is 19.2. The van der Waals surface area contributed by atoms with E-state index in [1.54, 1.807) is 0 Å². The van der Waals surface area contributed by atoms with Gasteiger partial charge in [0.1, 0.15) is 6.54 Å². The lowest BCUT2D eigenvalue weighted by atomic mass is 9.43. The van der Waals surface area contributed by atoms with Crippen molar-refractivity contribution in [2.75, 3.05) is 6.54 Å². The van der Waals surface area contributed by atoms with Gasteiger partial charge < -0.3 is 20.6 Å². The van der Waals surface area contributed by atoms with Crippen LogP contribution >= 0.6 is 0 Å². The van der Waals surface area contributed by atoms with Crippen LogP contribution in [0.2, 0.25) is 0 Å². The summed E-state index contributed by atoms with van der Waals surface area (Å²) in [5.41, 5.74) is -0.655. The van der Waals surface area contributed by atoms with Gasteiger partial charge in [0.05, 0.1) is 12.2 Å². The Morgan fingerprint density at radius 3 is 2.56 bits per heavy atom. The molecule has 6 heteroatoms. The SMILES string of the molecule is [2H]C1([2H])C[C@]2(C)[C@H]3CC[C@]4(C)C(CC[C@@H]4C(C)CCC(=O)NCC(=O)O)C3[C@@H](O)C[C@H]2C([2H])([2H])[C@@H]1O. The summed E-state index contributed by atoms with van der Waals surface area (Å²) in [6.07, 6.45) is -1.53. The van der Waals surface area contributed by atoms with Crippen LogP contribution < -0.4 is 5.32 Å². The second kappa shape index (κ2) is 8.90. The van der Waals surface area contributed by atoms with E-state index in [2.05, 4.69) is 19.2 Å². The molecule has 4 rings (SSSR count). The van der Waals surface area contributed by atoms with E-state index in [0.717, 1.165) is 25.7 Å². The van der Waals surface area contributed by atoms with Crippen LogP contribution in [0.3, 0.4) is 0 Å². The number of carbonyl (C=O) groups is 2. The van der Waals surface area contributed by atoms with Crippen LogP contribution in [0.5, 0.6) is 0 Å². The Morgan fingerprint density at radius 1 is 1.12 bits per heavy atom. The molecule has 4 aliphatic carbocycles. The van der Waals surface area contributed by atoms with Gasteiger partial charge in [-0.2, -0.15) is 0 Å². The highest BCUT2D eigenvalue weighted by molar-refractivity contribution is 5.81. The second-order valence-corrected chi connectivity index (χ2v) is 11.5. The molecule has 4 fully saturated rings. The molecule has 0 heterocycles. The number of amides is 1. The summed E-state index contributed by atoms with van der Waals surface area (Å²) >= 11 is 0. The van der Waals surface area contributed by atoms with E-state index >= 15 is 0 Å². The first-order chi connectivity index (χ1) is 16.6. The van der Waals surface area contributed by atoms with Crippen molar-refractivity contribution in [2.24, 2.45) is 46.3 Å². The van der Waals surface area contributed by atoms with Crippen LogP contribution in [0.25, 0.3) is 0 Å². The van der Waals surface area contributed by atoms with Crippen molar-refractivity contribution < 1.29 is 30.4 Å². The number of carbonyl (C=O) groups excluding carboxylic acids is 1. The van der Waals surface area contributed by atoms with Gasteiger partial charge in [-0.25, -0.2) is 0 Å². The lowest BCUT2D eigenvalue weighted by molar-refractivity contribution is -0.174. The Morgan fingerprint density at radius 2 is 1.84 bits per heavy atom. The summed E-state index contributed by atoms with van der Waals surface area (Å²) < 4.78 is 34.2. The topological polar surface area (TPSA) is 107 Å². The summed E-state index contributed by atoms with van der Waals surface area (Å²) in [5, 5.41) is 33.2. The van der Waals surface area contributed by atoms with E-state index in [1.165, 1.54) is 0 Å². The standard InChI is InChI=1S/C26H43NO5/c1-15(4-7-22(30)27-14-23(31)32)18-5-6-19-24-20(9-11-26(18,19)3)25(2)10-8-17(28)12-16(25)13-21(24)29/h15-21,24,28-29H,4-14H2,1-3H3,(H,27,30)(H,31,32)/t15?,16-,17-,18-,19?,20+,21+,24?,25+,26+/m1/s1/i8D2,12D2. The van der Waals surface area contributed by atoms with Crippen LogP contribution in [0.4, 0.5) is 0 Å². The predicted octanol–water partition coefficient (Wildman–Crippen LogP) is 3.59. The molecular formula is C26H43NO5. The molecule has 182 valence electrons. The summed E-state index contributed by atoms with van der Waals surface area (Å²) in [5.74, 6) is -1.04. The second-order valence-electron chi connectivity index (χ2n) is 11.5. The van der Waals surface area contributed by atoms with Gasteiger partial charge in [-0.05, 0) is 104 Å². The maximum Gasteiger partial charge on any atom is 0.322 e. The number of hydrogen-bond acceptors (Lipinski definition) is 4. The average Bonchev–Trinajstić information content (AvgIpc) is 3.13. The van der Waals surface area contributed by atoms with Crippen molar-refractivity contribution in [3.05, 3.63) is 0 Å². The minimum atomic E-state index is -2.10. The zero-order chi connectivity index (χ0) is 26.8. The first-order valence-corrected chi connectivity index (χ1v) is 12.4. The van der Waals surface area contributed by atoms with Crippen molar-refractivity contribution in [1.82, 2.24) is 5.32 Å². The third-order valence-corrected chi connectivity index (χ3v) is 9.96. The van der Waals surface area contributed by atoms with E-state index in [0.29, 0.717) is 12.3 Å². The van der Waals surface area contributed by atoms with Crippen molar-refractivity contribution in [1.29, 1.82) is 0 Å². The maximum atomic E-state index is 12.1. The minimum absolute atomic E-state index is 0.00201. The molecule has 6 nitrogen and oxygen atoms in total. The molecule has 0 bridgehead atoms. The van der Waals surface area contributed by atoms with Gasteiger partial charge in [-0.1, -0.05) is 20.8 Å². The third-order valence-electron chi connectivity index (χ3n) is 9.96. The number of aliphatic hydroxyl groups is 2. The van der Waals surface area contributed by atoms with Crippen LogP contribution in [-0.4, -0.2) is 45.9 Å². The van der Waals surface area contributed by atoms with Crippen molar-refractivity contribution in [3.8, 4) is 0 Å². The fourth-order valence-corrected chi connectivity index (χ4v) is 8.30. The first-order valence-electron chi connectivity index (χ1n) is 14.4. The van der Waals surface area contributed by atoms with Crippen molar-refractivity contribution >= 4 is 11.9 Å². The van der Waals surface area contributed by atoms with Gasteiger partial charge in [0, 0.05) is 11.9 Å². The Hall–Kier alpha value is -1.14. The molecule has 1 amide bonds. The molecule has 0 aromatic carbocycles. The molecule has 4 N–H and O–H groups in total. The predicted molar refractivity (Wildman–Crippen MR) is 122 cm³/mol. The Balaban J connectivity index is 1.52. The van der Waals surface area contributed by atoms with Gasteiger partial charge >= 0.3 is 5.97 Å². The molecule has 0 saturated heterocycles. The molecule has 4 aliphatic rings. The lowest BCUT2D eigenvalue weighted by Gasteiger charge is -2.62. The van der Waals surface area contributed by atoms with E-state index in [-0.39, 0.29) is 60.8 Å². The van der Waals surface area contributed by atoms with Crippen LogP contribution in [0, 0.1) is 46.3 Å². The van der Waals surface area contributed by atoms with Crippen LogP contribution in [0.1, 0.15) is 90.4 Å². The summed E-state index contributed by atoms with van der Waals surface area (Å²) in [6.45, 7) is 6.09. The van der Waals surface area contributed by atoms with Crippen LogP contribution in [-0.2, 0) is 9.59 Å². The largest absolute Gasteiger partial charge is 0.480 e. The third kappa shape index (κ3) is 4.11. The van der Waals surface area contributed by atoms with Crippen LogP contribution in [0.15, 0.2) is 0 Å². The quantitative estimate of drug-likeness (QED) is 0.492. The molecule has 0 aromatic heterocycles. The van der Waals surface area contributed by atoms with E-state index in [9.17, 15) is 19.8 Å². The fourth-order valence-electron chi connectivity index (χ4n) is 8.30. The normalized spacial score (nSPS) is 51.5. The molecule has 0 radical (unpaired) electrons. The summed E-state index contributed by atoms with van der Waals surface area (Å²) in [7, 11) is 0. The molecule has 3 unspecified atom stereocenters. The van der Waals surface area contributed by atoms with Crippen molar-refractivity contribution in [3.63, 3.8) is 0 Å².